The fourth-order valence-corrected chi connectivity index (χ4v) is 2.45. The first kappa shape index (κ1) is 14.3. The first-order valence-corrected chi connectivity index (χ1v) is 7.07. The van der Waals surface area contributed by atoms with Gasteiger partial charge in [0.1, 0.15) is 18.1 Å². The summed E-state index contributed by atoms with van der Waals surface area (Å²) in [6.45, 7) is 3.36. The van der Waals surface area contributed by atoms with E-state index in [1.54, 1.807) is 6.92 Å². The topological polar surface area (TPSA) is 102 Å². The van der Waals surface area contributed by atoms with Crippen LogP contribution in [0.15, 0.2) is 16.9 Å². The monoisotopic (exact) mass is 303 g/mol. The molecular formula is C14H17N5O3. The SMILES string of the molecule is Cc1nnc(NC(=O)Cn2c(C)cc(O)cc2=O)n1C1CC1. The fourth-order valence-electron chi connectivity index (χ4n) is 2.45. The third kappa shape index (κ3) is 2.72. The highest BCUT2D eigenvalue weighted by atomic mass is 16.3. The van der Waals surface area contributed by atoms with E-state index >= 15 is 0 Å². The lowest BCUT2D eigenvalue weighted by Crippen LogP contribution is -2.29. The second-order valence-electron chi connectivity index (χ2n) is 5.50. The quantitative estimate of drug-likeness (QED) is 0.867. The standard InChI is InChI=1S/C14H17N5O3/c1-8-5-11(20)6-13(22)18(8)7-12(21)15-14-17-16-9(2)19(14)10-3-4-10/h5-6,10,20H,3-4,7H2,1-2H3,(H,15,17,21). The van der Waals surface area contributed by atoms with Gasteiger partial charge in [-0.3, -0.25) is 19.5 Å². The molecule has 8 heteroatoms. The second kappa shape index (κ2) is 5.28. The van der Waals surface area contributed by atoms with Crippen LogP contribution in [0.2, 0.25) is 0 Å². The van der Waals surface area contributed by atoms with Gasteiger partial charge in [-0.1, -0.05) is 0 Å². The van der Waals surface area contributed by atoms with Crippen LogP contribution in [0.3, 0.4) is 0 Å². The van der Waals surface area contributed by atoms with E-state index in [0.717, 1.165) is 24.7 Å². The van der Waals surface area contributed by atoms with Crippen molar-refractivity contribution in [2.24, 2.45) is 0 Å². The smallest absolute Gasteiger partial charge is 0.254 e. The summed E-state index contributed by atoms with van der Waals surface area (Å²) in [6, 6.07) is 2.87. The molecule has 1 saturated carbocycles. The van der Waals surface area contributed by atoms with Crippen LogP contribution in [0, 0.1) is 13.8 Å². The van der Waals surface area contributed by atoms with Crippen molar-refractivity contribution >= 4 is 11.9 Å². The molecule has 0 spiro atoms. The molecule has 8 nitrogen and oxygen atoms in total. The summed E-state index contributed by atoms with van der Waals surface area (Å²) in [5.74, 6) is 0.707. The Morgan fingerprint density at radius 3 is 2.73 bits per heavy atom. The van der Waals surface area contributed by atoms with Gasteiger partial charge in [-0.05, 0) is 32.8 Å². The van der Waals surface area contributed by atoms with Crippen molar-refractivity contribution in [1.29, 1.82) is 0 Å². The van der Waals surface area contributed by atoms with E-state index in [-0.39, 0.29) is 18.2 Å². The van der Waals surface area contributed by atoms with Gasteiger partial charge in [0.2, 0.25) is 11.9 Å². The molecule has 1 fully saturated rings. The number of aromatic nitrogens is 4. The zero-order valence-electron chi connectivity index (χ0n) is 12.4. The highest BCUT2D eigenvalue weighted by molar-refractivity contribution is 5.88. The normalized spacial score (nSPS) is 14.1. The van der Waals surface area contributed by atoms with Gasteiger partial charge >= 0.3 is 0 Å². The Balaban J connectivity index is 1.78. The molecule has 2 heterocycles. The second-order valence-corrected chi connectivity index (χ2v) is 5.50. The average Bonchev–Trinajstić information content (AvgIpc) is 3.19. The molecular weight excluding hydrogens is 286 g/mol. The maximum atomic E-state index is 12.2. The Morgan fingerprint density at radius 1 is 1.36 bits per heavy atom. The largest absolute Gasteiger partial charge is 0.508 e. The number of aromatic hydroxyl groups is 1. The number of carbonyl (C=O) groups is 1. The molecule has 1 aliphatic rings. The highest BCUT2D eigenvalue weighted by Crippen LogP contribution is 2.37. The molecule has 1 amide bonds. The van der Waals surface area contributed by atoms with E-state index < -0.39 is 5.56 Å². The molecule has 22 heavy (non-hydrogen) atoms. The van der Waals surface area contributed by atoms with Gasteiger partial charge in [-0.15, -0.1) is 10.2 Å². The Labute approximate surface area is 126 Å². The molecule has 0 aromatic carbocycles. The van der Waals surface area contributed by atoms with Crippen LogP contribution in [0.4, 0.5) is 5.95 Å². The number of nitrogens with zero attached hydrogens (tertiary/aromatic N) is 4. The summed E-state index contributed by atoms with van der Waals surface area (Å²) in [5, 5.41) is 20.0. The van der Waals surface area contributed by atoms with Crippen LogP contribution in [0.25, 0.3) is 0 Å². The van der Waals surface area contributed by atoms with Crippen molar-refractivity contribution in [3.05, 3.63) is 34.0 Å². The maximum Gasteiger partial charge on any atom is 0.254 e. The summed E-state index contributed by atoms with van der Waals surface area (Å²) < 4.78 is 3.20. The highest BCUT2D eigenvalue weighted by Gasteiger charge is 2.28. The van der Waals surface area contributed by atoms with E-state index in [9.17, 15) is 14.7 Å². The van der Waals surface area contributed by atoms with E-state index in [1.165, 1.54) is 10.6 Å². The van der Waals surface area contributed by atoms with Crippen molar-refractivity contribution in [1.82, 2.24) is 19.3 Å². The zero-order chi connectivity index (χ0) is 15.9. The number of carbonyl (C=O) groups excluding carboxylic acids is 1. The molecule has 2 aromatic rings. The van der Waals surface area contributed by atoms with E-state index in [2.05, 4.69) is 15.5 Å². The minimum atomic E-state index is -0.424. The minimum Gasteiger partial charge on any atom is -0.508 e. The van der Waals surface area contributed by atoms with Crippen LogP contribution >= 0.6 is 0 Å². The van der Waals surface area contributed by atoms with Crippen LogP contribution in [0.1, 0.15) is 30.4 Å². The third-order valence-corrected chi connectivity index (χ3v) is 3.65. The zero-order valence-corrected chi connectivity index (χ0v) is 12.4. The molecule has 0 radical (unpaired) electrons. The predicted octanol–water partition coefficient (Wildman–Crippen LogP) is 0.736. The molecule has 0 aliphatic heterocycles. The van der Waals surface area contributed by atoms with Gasteiger partial charge in [0.25, 0.3) is 5.56 Å². The number of amides is 1. The van der Waals surface area contributed by atoms with Crippen LogP contribution < -0.4 is 10.9 Å². The van der Waals surface area contributed by atoms with E-state index in [1.807, 2.05) is 11.5 Å². The van der Waals surface area contributed by atoms with Crippen molar-refractivity contribution in [2.45, 2.75) is 39.3 Å². The Bertz CT molecular complexity index is 788. The van der Waals surface area contributed by atoms with Crippen molar-refractivity contribution < 1.29 is 9.90 Å². The summed E-state index contributed by atoms with van der Waals surface area (Å²) in [5.41, 5.74) is 0.0903. The van der Waals surface area contributed by atoms with Crippen molar-refractivity contribution in [3.63, 3.8) is 0 Å². The summed E-state index contributed by atoms with van der Waals surface area (Å²) in [7, 11) is 0. The van der Waals surface area contributed by atoms with Gasteiger partial charge < -0.3 is 9.67 Å². The number of rotatable bonds is 4. The molecule has 3 rings (SSSR count). The third-order valence-electron chi connectivity index (χ3n) is 3.65. The van der Waals surface area contributed by atoms with Crippen molar-refractivity contribution in [3.8, 4) is 5.75 Å². The minimum absolute atomic E-state index is 0.108. The molecule has 1 aliphatic carbocycles. The molecule has 2 aromatic heterocycles. The molecule has 0 atom stereocenters. The Kier molecular flexibility index (Phi) is 3.44. The molecule has 0 bridgehead atoms. The number of nitrogens with one attached hydrogen (secondary N) is 1. The lowest BCUT2D eigenvalue weighted by molar-refractivity contribution is -0.116. The first-order valence-electron chi connectivity index (χ1n) is 7.07. The first-order chi connectivity index (χ1) is 10.5. The van der Waals surface area contributed by atoms with Crippen molar-refractivity contribution in [2.75, 3.05) is 5.32 Å². The Hall–Kier alpha value is -2.64. The number of aryl methyl sites for hydroxylation is 2. The molecule has 116 valence electrons. The summed E-state index contributed by atoms with van der Waals surface area (Å²) in [4.78, 5) is 24.0. The number of hydrogen-bond donors (Lipinski definition) is 2. The molecule has 0 unspecified atom stereocenters. The Morgan fingerprint density at radius 2 is 2.09 bits per heavy atom. The number of hydrogen-bond acceptors (Lipinski definition) is 5. The van der Waals surface area contributed by atoms with Gasteiger partial charge in [0.15, 0.2) is 0 Å². The van der Waals surface area contributed by atoms with E-state index in [4.69, 9.17) is 0 Å². The number of anilines is 1. The van der Waals surface area contributed by atoms with Gasteiger partial charge in [-0.25, -0.2) is 0 Å². The maximum absolute atomic E-state index is 12.2. The summed E-state index contributed by atoms with van der Waals surface area (Å²) in [6.07, 6.45) is 2.11. The average molecular weight is 303 g/mol. The van der Waals surface area contributed by atoms with Gasteiger partial charge in [0.05, 0.1) is 0 Å². The van der Waals surface area contributed by atoms with Gasteiger partial charge in [0, 0.05) is 17.8 Å². The van der Waals surface area contributed by atoms with Crippen LogP contribution in [-0.2, 0) is 11.3 Å². The van der Waals surface area contributed by atoms with Gasteiger partial charge in [-0.2, -0.15) is 0 Å². The van der Waals surface area contributed by atoms with E-state index in [0.29, 0.717) is 17.7 Å². The molecule has 2 N–H and O–H groups in total. The lowest BCUT2D eigenvalue weighted by Gasteiger charge is -2.11. The summed E-state index contributed by atoms with van der Waals surface area (Å²) >= 11 is 0. The predicted molar refractivity (Wildman–Crippen MR) is 78.8 cm³/mol. The van der Waals surface area contributed by atoms with Crippen LogP contribution in [0.5, 0.6) is 5.75 Å². The fraction of sp³-hybridized carbons (Fsp3) is 0.429. The van der Waals surface area contributed by atoms with Crippen LogP contribution in [-0.4, -0.2) is 30.3 Å². The lowest BCUT2D eigenvalue weighted by atomic mass is 10.3. The number of pyridine rings is 1. The molecule has 0 saturated heterocycles.